The zero-order chi connectivity index (χ0) is 20.1. The quantitative estimate of drug-likeness (QED) is 0.598. The minimum Gasteiger partial charge on any atom is -0.479 e. The molecule has 0 aliphatic carbocycles. The van der Waals surface area contributed by atoms with Crippen molar-refractivity contribution < 1.29 is 23.5 Å². The molecular formula is C21H20ClNO5. The van der Waals surface area contributed by atoms with Gasteiger partial charge in [0.1, 0.15) is 17.1 Å². The van der Waals surface area contributed by atoms with Crippen LogP contribution in [0.1, 0.15) is 25.6 Å². The van der Waals surface area contributed by atoms with Crippen LogP contribution in [0.25, 0.3) is 11.0 Å². The Morgan fingerprint density at radius 1 is 1.11 bits per heavy atom. The first kappa shape index (κ1) is 19.8. The fraction of sp³-hybridized carbons (Fsp3) is 0.238. The summed E-state index contributed by atoms with van der Waals surface area (Å²) < 4.78 is 16.2. The Labute approximate surface area is 167 Å². The predicted octanol–water partition coefficient (Wildman–Crippen LogP) is 4.27. The van der Waals surface area contributed by atoms with Crippen molar-refractivity contribution in [1.82, 2.24) is 5.32 Å². The van der Waals surface area contributed by atoms with Crippen molar-refractivity contribution in [2.45, 2.75) is 26.0 Å². The normalized spacial score (nSPS) is 13.0. The van der Waals surface area contributed by atoms with Gasteiger partial charge >= 0.3 is 5.97 Å². The van der Waals surface area contributed by atoms with Gasteiger partial charge in [0.25, 0.3) is 5.91 Å². The molecule has 6 nitrogen and oxygen atoms in total. The molecule has 1 aromatic heterocycles. The molecule has 3 aromatic rings. The average molecular weight is 402 g/mol. The Bertz CT molecular complexity index is 933. The molecule has 1 amide bonds. The largest absolute Gasteiger partial charge is 0.479 e. The summed E-state index contributed by atoms with van der Waals surface area (Å²) in [6.07, 6.45) is -0.859. The number of rotatable bonds is 7. The molecule has 0 saturated carbocycles. The van der Waals surface area contributed by atoms with E-state index in [0.717, 1.165) is 11.0 Å². The van der Waals surface area contributed by atoms with Crippen LogP contribution in [0.3, 0.4) is 0 Å². The fourth-order valence-electron chi connectivity index (χ4n) is 2.59. The fourth-order valence-corrected chi connectivity index (χ4v) is 2.72. The summed E-state index contributed by atoms with van der Waals surface area (Å²) in [7, 11) is 0. The Kier molecular flexibility index (Phi) is 6.21. The van der Waals surface area contributed by atoms with Gasteiger partial charge < -0.3 is 19.2 Å². The summed E-state index contributed by atoms with van der Waals surface area (Å²) in [5.41, 5.74) is 0.748. The van der Waals surface area contributed by atoms with Crippen molar-refractivity contribution in [1.29, 1.82) is 0 Å². The molecular weight excluding hydrogens is 382 g/mol. The van der Waals surface area contributed by atoms with Crippen LogP contribution in [0, 0.1) is 0 Å². The molecule has 0 aliphatic heterocycles. The van der Waals surface area contributed by atoms with E-state index in [4.69, 9.17) is 25.5 Å². The topological polar surface area (TPSA) is 77.8 Å². The van der Waals surface area contributed by atoms with Crippen LogP contribution < -0.4 is 10.1 Å². The van der Waals surface area contributed by atoms with E-state index < -0.39 is 24.6 Å². The van der Waals surface area contributed by atoms with Gasteiger partial charge in [-0.05, 0) is 50.2 Å². The number of amides is 1. The molecule has 28 heavy (non-hydrogen) atoms. The second-order valence-corrected chi connectivity index (χ2v) is 6.73. The number of esters is 1. The average Bonchev–Trinajstić information content (AvgIpc) is 3.12. The van der Waals surface area contributed by atoms with E-state index in [1.807, 2.05) is 30.3 Å². The maximum absolute atomic E-state index is 12.1. The molecule has 0 aliphatic rings. The Morgan fingerprint density at radius 3 is 2.54 bits per heavy atom. The Morgan fingerprint density at radius 2 is 1.82 bits per heavy atom. The molecule has 1 N–H and O–H groups in total. The second kappa shape index (κ2) is 8.80. The third kappa shape index (κ3) is 5.04. The molecule has 2 aromatic carbocycles. The zero-order valence-corrected chi connectivity index (χ0v) is 16.2. The van der Waals surface area contributed by atoms with Gasteiger partial charge in [-0.3, -0.25) is 4.79 Å². The predicted molar refractivity (Wildman–Crippen MR) is 105 cm³/mol. The van der Waals surface area contributed by atoms with E-state index in [1.165, 1.54) is 0 Å². The highest BCUT2D eigenvalue weighted by molar-refractivity contribution is 6.30. The van der Waals surface area contributed by atoms with Crippen LogP contribution in [0.4, 0.5) is 0 Å². The number of para-hydroxylation sites is 1. The van der Waals surface area contributed by atoms with Crippen LogP contribution in [-0.4, -0.2) is 24.6 Å². The van der Waals surface area contributed by atoms with E-state index in [2.05, 4.69) is 5.32 Å². The lowest BCUT2D eigenvalue weighted by atomic mass is 10.2. The van der Waals surface area contributed by atoms with E-state index in [9.17, 15) is 9.59 Å². The van der Waals surface area contributed by atoms with Crippen LogP contribution >= 0.6 is 11.6 Å². The third-order valence-corrected chi connectivity index (χ3v) is 4.30. The molecule has 0 radical (unpaired) electrons. The highest BCUT2D eigenvalue weighted by Crippen LogP contribution is 2.23. The van der Waals surface area contributed by atoms with Crippen molar-refractivity contribution in [3.8, 4) is 5.75 Å². The van der Waals surface area contributed by atoms with Gasteiger partial charge in [-0.2, -0.15) is 0 Å². The molecule has 0 saturated heterocycles. The van der Waals surface area contributed by atoms with E-state index in [0.29, 0.717) is 16.5 Å². The van der Waals surface area contributed by atoms with Crippen molar-refractivity contribution >= 4 is 34.4 Å². The first-order valence-corrected chi connectivity index (χ1v) is 9.17. The van der Waals surface area contributed by atoms with Gasteiger partial charge in [0.2, 0.25) is 0 Å². The monoisotopic (exact) mass is 401 g/mol. The van der Waals surface area contributed by atoms with Gasteiger partial charge in [0.05, 0.1) is 6.04 Å². The van der Waals surface area contributed by atoms with Crippen LogP contribution in [0.15, 0.2) is 59.0 Å². The first-order valence-electron chi connectivity index (χ1n) is 8.79. The van der Waals surface area contributed by atoms with Gasteiger partial charge in [0.15, 0.2) is 12.7 Å². The molecule has 3 rings (SSSR count). The van der Waals surface area contributed by atoms with Crippen LogP contribution in [0.2, 0.25) is 5.02 Å². The summed E-state index contributed by atoms with van der Waals surface area (Å²) in [6.45, 7) is 2.94. The number of carbonyl (C=O) groups is 2. The zero-order valence-electron chi connectivity index (χ0n) is 15.5. The highest BCUT2D eigenvalue weighted by atomic mass is 35.5. The number of fused-ring (bicyclic) bond motifs is 1. The summed E-state index contributed by atoms with van der Waals surface area (Å²) in [5, 5.41) is 4.27. The molecule has 7 heteroatoms. The minimum absolute atomic E-state index is 0.360. The maximum atomic E-state index is 12.1. The minimum atomic E-state index is -0.859. The molecule has 1 heterocycles. The maximum Gasteiger partial charge on any atom is 0.347 e. The van der Waals surface area contributed by atoms with Crippen LogP contribution in [-0.2, 0) is 14.3 Å². The Balaban J connectivity index is 1.47. The van der Waals surface area contributed by atoms with E-state index in [1.54, 1.807) is 38.1 Å². The van der Waals surface area contributed by atoms with Crippen molar-refractivity contribution in [2.24, 2.45) is 0 Å². The van der Waals surface area contributed by atoms with Gasteiger partial charge in [-0.15, -0.1) is 0 Å². The number of carbonyl (C=O) groups excluding carboxylic acids is 2. The number of benzene rings is 2. The van der Waals surface area contributed by atoms with Gasteiger partial charge in [-0.1, -0.05) is 29.8 Å². The smallest absolute Gasteiger partial charge is 0.347 e. The number of hydrogen-bond acceptors (Lipinski definition) is 5. The molecule has 0 spiro atoms. The van der Waals surface area contributed by atoms with Crippen LogP contribution in [0.5, 0.6) is 5.75 Å². The number of nitrogens with one attached hydrogen (secondary N) is 1. The van der Waals surface area contributed by atoms with E-state index in [-0.39, 0.29) is 6.04 Å². The first-order chi connectivity index (χ1) is 13.4. The van der Waals surface area contributed by atoms with E-state index >= 15 is 0 Å². The molecule has 0 unspecified atom stereocenters. The molecule has 2 atom stereocenters. The standard InChI is InChI=1S/C21H20ClNO5/c1-13(19-11-15-5-3-4-6-18(15)28-19)23-20(24)12-26-21(25)14(2)27-17-9-7-16(22)8-10-17/h3-11,13-14H,12H2,1-2H3,(H,23,24)/t13-,14+/m1/s1. The lowest BCUT2D eigenvalue weighted by molar-refractivity contribution is -0.154. The highest BCUT2D eigenvalue weighted by Gasteiger charge is 2.19. The number of hydrogen-bond donors (Lipinski definition) is 1. The Hall–Kier alpha value is -2.99. The summed E-state index contributed by atoms with van der Waals surface area (Å²) in [5.74, 6) is 0.0404. The number of ether oxygens (including phenoxy) is 2. The molecule has 0 bridgehead atoms. The lowest BCUT2D eigenvalue weighted by Gasteiger charge is -2.15. The summed E-state index contributed by atoms with van der Waals surface area (Å²) in [6, 6.07) is 15.7. The van der Waals surface area contributed by atoms with Crippen molar-refractivity contribution in [3.63, 3.8) is 0 Å². The number of furan rings is 1. The van der Waals surface area contributed by atoms with Crippen molar-refractivity contribution in [2.75, 3.05) is 6.61 Å². The number of halogens is 1. The molecule has 146 valence electrons. The SMILES string of the molecule is C[C@H](Oc1ccc(Cl)cc1)C(=O)OCC(=O)N[C@H](C)c1cc2ccccc2o1. The summed E-state index contributed by atoms with van der Waals surface area (Å²) >= 11 is 5.81. The summed E-state index contributed by atoms with van der Waals surface area (Å²) in [4.78, 5) is 24.1. The third-order valence-electron chi connectivity index (χ3n) is 4.05. The second-order valence-electron chi connectivity index (χ2n) is 6.30. The van der Waals surface area contributed by atoms with Crippen molar-refractivity contribution in [3.05, 3.63) is 65.4 Å². The lowest BCUT2D eigenvalue weighted by Crippen LogP contribution is -2.34. The molecule has 0 fully saturated rings. The van der Waals surface area contributed by atoms with Gasteiger partial charge in [-0.25, -0.2) is 4.79 Å². The van der Waals surface area contributed by atoms with Gasteiger partial charge in [0, 0.05) is 10.4 Å².